The molecule has 2 aromatic carbocycles. The molecule has 3 N–H and O–H groups in total. The number of carboxylic acid groups (broad SMARTS) is 1. The minimum atomic E-state index is -0.831. The number of benzene rings is 2. The average Bonchev–Trinajstić information content (AvgIpc) is 3.12. The summed E-state index contributed by atoms with van der Waals surface area (Å²) in [7, 11) is 0. The molecule has 0 aliphatic carbocycles. The number of hydrogen-bond acceptors (Lipinski definition) is 6. The Kier molecular flexibility index (Phi) is 20.2. The second-order valence-electron chi connectivity index (χ2n) is 13.8. The van der Waals surface area contributed by atoms with Crippen molar-refractivity contribution in [2.45, 2.75) is 155 Å². The number of nitrogens with one attached hydrogen (secondary N) is 1. The van der Waals surface area contributed by atoms with Crippen molar-refractivity contribution in [1.29, 1.82) is 0 Å². The summed E-state index contributed by atoms with van der Waals surface area (Å²) in [6.45, 7) is 8.05. The molecule has 0 unspecified atom stereocenters. The number of rotatable bonds is 26. The number of aliphatic carboxylic acids is 1. The minimum absolute atomic E-state index is 0.0153. The lowest BCUT2D eigenvalue weighted by Gasteiger charge is -2.38. The molecule has 2 aromatic rings. The fraction of sp³-hybridized carbons (Fsp3) is 0.659. The van der Waals surface area contributed by atoms with Gasteiger partial charge in [-0.3, -0.25) is 9.59 Å². The minimum Gasteiger partial charge on any atom is -0.481 e. The van der Waals surface area contributed by atoms with Gasteiger partial charge in [-0.05, 0) is 55.5 Å². The van der Waals surface area contributed by atoms with E-state index in [0.717, 1.165) is 48.3 Å². The molecule has 0 saturated carbocycles. The van der Waals surface area contributed by atoms with E-state index in [-0.39, 0.29) is 31.1 Å². The Morgan fingerprint density at radius 1 is 0.714 bits per heavy atom. The van der Waals surface area contributed by atoms with Crippen LogP contribution < -0.4 is 5.32 Å². The first-order valence-electron chi connectivity index (χ1n) is 19.2. The van der Waals surface area contributed by atoms with Crippen LogP contribution in [0.4, 0.5) is 0 Å². The van der Waals surface area contributed by atoms with Crippen molar-refractivity contribution in [2.24, 2.45) is 0 Å². The summed E-state index contributed by atoms with van der Waals surface area (Å²) in [6.07, 6.45) is 17.1. The highest BCUT2D eigenvalue weighted by atomic mass is 16.7. The molecule has 0 aromatic heterocycles. The van der Waals surface area contributed by atoms with Crippen LogP contribution in [-0.4, -0.2) is 52.7 Å². The second-order valence-corrected chi connectivity index (χ2v) is 13.8. The summed E-state index contributed by atoms with van der Waals surface area (Å²) in [5.74, 6) is -0.903. The van der Waals surface area contributed by atoms with Gasteiger partial charge in [0.2, 0.25) is 5.91 Å². The van der Waals surface area contributed by atoms with Crippen molar-refractivity contribution in [3.05, 3.63) is 70.8 Å². The van der Waals surface area contributed by atoms with E-state index >= 15 is 0 Å². The number of amides is 1. The lowest BCUT2D eigenvalue weighted by molar-refractivity contribution is -0.253. The van der Waals surface area contributed by atoms with Gasteiger partial charge in [0.15, 0.2) is 6.29 Å². The third-order valence-electron chi connectivity index (χ3n) is 9.52. The topological polar surface area (TPSA) is 108 Å². The number of aliphatic hydroxyl groups excluding tert-OH is 1. The van der Waals surface area contributed by atoms with Crippen LogP contribution in [0.3, 0.4) is 0 Å². The summed E-state index contributed by atoms with van der Waals surface area (Å²) in [5.41, 5.74) is 3.91. The van der Waals surface area contributed by atoms with Gasteiger partial charge in [0, 0.05) is 37.9 Å². The molecule has 3 atom stereocenters. The zero-order chi connectivity index (χ0) is 35.1. The third-order valence-corrected chi connectivity index (χ3v) is 9.52. The van der Waals surface area contributed by atoms with E-state index in [0.29, 0.717) is 25.8 Å². The number of carbonyl (C=O) groups excluding carboxylic acids is 1. The molecule has 1 fully saturated rings. The van der Waals surface area contributed by atoms with E-state index in [2.05, 4.69) is 36.2 Å². The number of carbonyl (C=O) groups is 2. The van der Waals surface area contributed by atoms with E-state index < -0.39 is 12.3 Å². The Morgan fingerprint density at radius 2 is 1.27 bits per heavy atom. The highest BCUT2D eigenvalue weighted by Crippen LogP contribution is 2.38. The fourth-order valence-electron chi connectivity index (χ4n) is 6.49. The van der Waals surface area contributed by atoms with Crippen LogP contribution in [0.5, 0.6) is 0 Å². The van der Waals surface area contributed by atoms with Crippen LogP contribution in [0.2, 0.25) is 0 Å². The fourth-order valence-corrected chi connectivity index (χ4v) is 6.49. The van der Waals surface area contributed by atoms with E-state index in [1.54, 1.807) is 0 Å². The molecular weight excluding hydrogens is 616 g/mol. The maximum absolute atomic E-state index is 12.2. The van der Waals surface area contributed by atoms with Gasteiger partial charge in [-0.15, -0.1) is 0 Å². The first-order chi connectivity index (χ1) is 23.9. The SMILES string of the molecule is CCCCCCCCN(CCCCCCCC)C[C@@H]1C[C@H](c2ccc(CO)cc2)O[C@H](c2ccc(CNC(=O)CCCCC(=O)O)cc2)O1. The number of nitrogens with zero attached hydrogens (tertiary/aromatic N) is 1. The van der Waals surface area contributed by atoms with E-state index in [1.165, 1.54) is 77.0 Å². The Labute approximate surface area is 296 Å². The Bertz CT molecular complexity index is 1160. The lowest BCUT2D eigenvalue weighted by Crippen LogP contribution is -2.40. The maximum atomic E-state index is 12.2. The standard InChI is InChI=1S/C41H64N2O6/c1-3-5-7-9-11-15-27-43(28-16-12-10-8-6-4-2)31-37-29-38(35-23-21-34(32-44)22-24-35)49-41(48-37)36-25-19-33(20-26-36)30-42-39(45)17-13-14-18-40(46)47/h19-26,37-38,41,44H,3-18,27-32H2,1-2H3,(H,42,45)(H,46,47)/t37-,38+,41+/m0/s1. The monoisotopic (exact) mass is 680 g/mol. The van der Waals surface area contributed by atoms with E-state index in [4.69, 9.17) is 14.6 Å². The van der Waals surface area contributed by atoms with Gasteiger partial charge in [0.05, 0.1) is 18.8 Å². The molecule has 1 amide bonds. The molecule has 3 rings (SSSR count). The van der Waals surface area contributed by atoms with Crippen molar-refractivity contribution < 1.29 is 29.3 Å². The van der Waals surface area contributed by atoms with Gasteiger partial charge in [-0.25, -0.2) is 0 Å². The van der Waals surface area contributed by atoms with Crippen molar-refractivity contribution in [1.82, 2.24) is 10.2 Å². The van der Waals surface area contributed by atoms with Gasteiger partial charge in [0.25, 0.3) is 0 Å². The molecule has 1 heterocycles. The Hall–Kier alpha value is -2.78. The zero-order valence-corrected chi connectivity index (χ0v) is 30.4. The Balaban J connectivity index is 1.65. The van der Waals surface area contributed by atoms with Crippen LogP contribution in [0.1, 0.15) is 158 Å². The highest BCUT2D eigenvalue weighted by molar-refractivity contribution is 5.75. The summed E-state index contributed by atoms with van der Waals surface area (Å²) in [4.78, 5) is 25.6. The number of aliphatic hydroxyl groups is 1. The van der Waals surface area contributed by atoms with Gasteiger partial charge in [0.1, 0.15) is 0 Å². The summed E-state index contributed by atoms with van der Waals surface area (Å²) in [5, 5.41) is 21.3. The number of ether oxygens (including phenoxy) is 2. The van der Waals surface area contributed by atoms with Crippen molar-refractivity contribution in [3.8, 4) is 0 Å². The maximum Gasteiger partial charge on any atom is 0.303 e. The largest absolute Gasteiger partial charge is 0.481 e. The predicted molar refractivity (Wildman–Crippen MR) is 196 cm³/mol. The average molecular weight is 681 g/mol. The van der Waals surface area contributed by atoms with Crippen molar-refractivity contribution >= 4 is 11.9 Å². The van der Waals surface area contributed by atoms with Crippen LogP contribution in [0.25, 0.3) is 0 Å². The van der Waals surface area contributed by atoms with Crippen LogP contribution in [0, 0.1) is 0 Å². The van der Waals surface area contributed by atoms with Crippen LogP contribution >= 0.6 is 0 Å². The zero-order valence-electron chi connectivity index (χ0n) is 30.4. The molecule has 1 aliphatic heterocycles. The van der Waals surface area contributed by atoms with Crippen LogP contribution in [-0.2, 0) is 32.2 Å². The number of unbranched alkanes of at least 4 members (excludes halogenated alkanes) is 11. The molecule has 1 saturated heterocycles. The molecule has 0 spiro atoms. The molecule has 0 radical (unpaired) electrons. The van der Waals surface area contributed by atoms with Gasteiger partial charge in [-0.1, -0.05) is 127 Å². The number of carboxylic acids is 1. The second kappa shape index (κ2) is 24.4. The quantitative estimate of drug-likeness (QED) is 0.0851. The van der Waals surface area contributed by atoms with E-state index in [1.807, 2.05) is 36.4 Å². The van der Waals surface area contributed by atoms with Gasteiger partial charge < -0.3 is 29.9 Å². The van der Waals surface area contributed by atoms with Crippen molar-refractivity contribution in [2.75, 3.05) is 19.6 Å². The van der Waals surface area contributed by atoms with Crippen LogP contribution in [0.15, 0.2) is 48.5 Å². The normalized spacial score (nSPS) is 17.8. The summed E-state index contributed by atoms with van der Waals surface area (Å²) >= 11 is 0. The Morgan fingerprint density at radius 3 is 1.86 bits per heavy atom. The third kappa shape index (κ3) is 16.7. The molecule has 8 nitrogen and oxygen atoms in total. The molecule has 0 bridgehead atoms. The van der Waals surface area contributed by atoms with Crippen molar-refractivity contribution in [3.63, 3.8) is 0 Å². The lowest BCUT2D eigenvalue weighted by atomic mass is 9.99. The summed E-state index contributed by atoms with van der Waals surface area (Å²) < 4.78 is 13.3. The summed E-state index contributed by atoms with van der Waals surface area (Å²) in [6, 6.07) is 16.1. The van der Waals surface area contributed by atoms with Gasteiger partial charge >= 0.3 is 5.97 Å². The number of hydrogen-bond donors (Lipinski definition) is 3. The molecule has 8 heteroatoms. The predicted octanol–water partition coefficient (Wildman–Crippen LogP) is 9.01. The first-order valence-corrected chi connectivity index (χ1v) is 19.2. The highest BCUT2D eigenvalue weighted by Gasteiger charge is 2.33. The molecular formula is C41H64N2O6. The molecule has 49 heavy (non-hydrogen) atoms. The first kappa shape index (κ1) is 40.6. The molecule has 274 valence electrons. The van der Waals surface area contributed by atoms with E-state index in [9.17, 15) is 14.7 Å². The van der Waals surface area contributed by atoms with Gasteiger partial charge in [-0.2, -0.15) is 0 Å². The molecule has 1 aliphatic rings. The smallest absolute Gasteiger partial charge is 0.303 e.